The highest BCUT2D eigenvalue weighted by atomic mass is 32.2. The van der Waals surface area contributed by atoms with Gasteiger partial charge in [-0.05, 0) is 24.3 Å². The molecule has 0 aliphatic rings. The minimum atomic E-state index is -4.09. The van der Waals surface area contributed by atoms with E-state index in [0.29, 0.717) is 0 Å². The van der Waals surface area contributed by atoms with E-state index in [-0.39, 0.29) is 33.3 Å². The third kappa shape index (κ3) is 5.42. The molecule has 3 N–H and O–H groups in total. The molecule has 0 fully saturated rings. The molecule has 2 aromatic rings. The van der Waals surface area contributed by atoms with Crippen molar-refractivity contribution in [3.63, 3.8) is 0 Å². The number of hydrogen-bond acceptors (Lipinski definition) is 9. The number of carbonyl (C=O) groups excluding carboxylic acids is 2. The first-order valence-electron chi connectivity index (χ1n) is 8.07. The summed E-state index contributed by atoms with van der Waals surface area (Å²) in [4.78, 5) is 34.3. The van der Waals surface area contributed by atoms with Gasteiger partial charge in [-0.1, -0.05) is 0 Å². The number of sulfonamides is 1. The summed E-state index contributed by atoms with van der Waals surface area (Å²) in [5.41, 5.74) is -0.543. The number of nitrogens with zero attached hydrogens (tertiary/aromatic N) is 1. The molecule has 0 saturated carbocycles. The van der Waals surface area contributed by atoms with Gasteiger partial charge in [0.2, 0.25) is 10.0 Å². The Hall–Kier alpha value is -3.71. The molecule has 0 bridgehead atoms. The van der Waals surface area contributed by atoms with Crippen LogP contribution in [-0.4, -0.2) is 46.0 Å². The second-order valence-electron chi connectivity index (χ2n) is 5.67. The number of esters is 1. The Balaban J connectivity index is 2.15. The highest BCUT2D eigenvalue weighted by molar-refractivity contribution is 7.89. The van der Waals surface area contributed by atoms with E-state index in [2.05, 4.69) is 5.32 Å². The summed E-state index contributed by atoms with van der Waals surface area (Å²) in [6.45, 7) is -0.770. The molecule has 1 amide bonds. The molecule has 13 heteroatoms. The Labute approximate surface area is 170 Å². The molecule has 2 aromatic carbocycles. The largest absolute Gasteiger partial charge is 0.496 e. The number of rotatable bonds is 8. The quantitative estimate of drug-likeness (QED) is 0.346. The zero-order valence-corrected chi connectivity index (χ0v) is 16.6. The van der Waals surface area contributed by atoms with E-state index < -0.39 is 33.4 Å². The van der Waals surface area contributed by atoms with Crippen molar-refractivity contribution in [2.24, 2.45) is 5.14 Å². The van der Waals surface area contributed by atoms with E-state index in [9.17, 15) is 28.1 Å². The number of anilines is 1. The zero-order valence-electron chi connectivity index (χ0n) is 15.8. The summed E-state index contributed by atoms with van der Waals surface area (Å²) < 4.78 is 37.8. The highest BCUT2D eigenvalue weighted by Crippen LogP contribution is 2.29. The van der Waals surface area contributed by atoms with Crippen LogP contribution >= 0.6 is 0 Å². The fourth-order valence-corrected chi connectivity index (χ4v) is 2.87. The van der Waals surface area contributed by atoms with Crippen LogP contribution in [0.5, 0.6) is 11.5 Å². The molecule has 12 nitrogen and oxygen atoms in total. The third-order valence-corrected chi connectivity index (χ3v) is 4.63. The Kier molecular flexibility index (Phi) is 6.92. The topological polar surface area (TPSA) is 177 Å². The molecule has 0 unspecified atom stereocenters. The van der Waals surface area contributed by atoms with Gasteiger partial charge in [-0.15, -0.1) is 0 Å². The average molecular weight is 439 g/mol. The first-order valence-corrected chi connectivity index (χ1v) is 9.61. The number of nitrogens with one attached hydrogen (secondary N) is 1. The van der Waals surface area contributed by atoms with Gasteiger partial charge >= 0.3 is 5.97 Å². The lowest BCUT2D eigenvalue weighted by molar-refractivity contribution is -0.384. The lowest BCUT2D eigenvalue weighted by atomic mass is 10.2. The molecular formula is C17H17N3O9S. The van der Waals surface area contributed by atoms with Crippen LogP contribution in [0.1, 0.15) is 10.4 Å². The number of methoxy groups -OCH3 is 2. The molecule has 0 atom stereocenters. The van der Waals surface area contributed by atoms with E-state index in [4.69, 9.17) is 19.3 Å². The van der Waals surface area contributed by atoms with E-state index in [0.717, 1.165) is 18.2 Å². The van der Waals surface area contributed by atoms with Crippen LogP contribution in [0.3, 0.4) is 0 Å². The molecule has 0 spiro atoms. The average Bonchev–Trinajstić information content (AvgIpc) is 2.70. The second-order valence-corrected chi connectivity index (χ2v) is 7.23. The Bertz CT molecular complexity index is 1100. The van der Waals surface area contributed by atoms with Crippen LogP contribution in [0, 0.1) is 10.1 Å². The number of nitro groups is 1. The van der Waals surface area contributed by atoms with Gasteiger partial charge in [0.1, 0.15) is 17.1 Å². The van der Waals surface area contributed by atoms with Crippen molar-refractivity contribution in [2.75, 3.05) is 26.1 Å². The van der Waals surface area contributed by atoms with E-state index in [1.165, 1.54) is 32.4 Å². The fourth-order valence-electron chi connectivity index (χ4n) is 2.33. The molecule has 160 valence electrons. The Morgan fingerprint density at radius 3 is 2.30 bits per heavy atom. The maximum atomic E-state index is 12.3. The SMILES string of the molecule is COc1ccc([N+](=O)[O-])cc1NC(=O)COC(=O)c1cc(S(N)(=O)=O)ccc1OC. The third-order valence-electron chi connectivity index (χ3n) is 3.72. The number of nitrogens with two attached hydrogens (primary N) is 1. The van der Waals surface area contributed by atoms with Crippen LogP contribution in [0.25, 0.3) is 0 Å². The number of benzene rings is 2. The van der Waals surface area contributed by atoms with Crippen molar-refractivity contribution in [2.45, 2.75) is 4.90 Å². The predicted molar refractivity (Wildman–Crippen MR) is 103 cm³/mol. The maximum Gasteiger partial charge on any atom is 0.342 e. The number of amides is 1. The molecule has 0 saturated heterocycles. The van der Waals surface area contributed by atoms with Crippen LogP contribution in [0.2, 0.25) is 0 Å². The van der Waals surface area contributed by atoms with Gasteiger partial charge < -0.3 is 19.5 Å². The van der Waals surface area contributed by atoms with Crippen molar-refractivity contribution in [1.29, 1.82) is 0 Å². The number of ether oxygens (including phenoxy) is 3. The summed E-state index contributed by atoms with van der Waals surface area (Å²) in [7, 11) is -1.53. The Morgan fingerprint density at radius 1 is 1.10 bits per heavy atom. The van der Waals surface area contributed by atoms with Crippen molar-refractivity contribution >= 4 is 33.3 Å². The second kappa shape index (κ2) is 9.19. The molecule has 2 rings (SSSR count). The fraction of sp³-hybridized carbons (Fsp3) is 0.176. The number of hydrogen-bond donors (Lipinski definition) is 2. The summed E-state index contributed by atoms with van der Waals surface area (Å²) >= 11 is 0. The lowest BCUT2D eigenvalue weighted by Crippen LogP contribution is -2.22. The normalized spacial score (nSPS) is 10.8. The molecule has 30 heavy (non-hydrogen) atoms. The maximum absolute atomic E-state index is 12.3. The van der Waals surface area contributed by atoms with Crippen molar-refractivity contribution in [1.82, 2.24) is 0 Å². The van der Waals surface area contributed by atoms with Gasteiger partial charge in [0.15, 0.2) is 6.61 Å². The number of nitro benzene ring substituents is 1. The van der Waals surface area contributed by atoms with Gasteiger partial charge in [0, 0.05) is 12.1 Å². The number of non-ortho nitro benzene ring substituents is 1. The van der Waals surface area contributed by atoms with Gasteiger partial charge in [-0.2, -0.15) is 0 Å². The minimum Gasteiger partial charge on any atom is -0.496 e. The van der Waals surface area contributed by atoms with E-state index >= 15 is 0 Å². The first kappa shape index (κ1) is 22.6. The molecule has 0 heterocycles. The highest BCUT2D eigenvalue weighted by Gasteiger charge is 2.20. The van der Waals surface area contributed by atoms with Crippen molar-refractivity contribution in [3.8, 4) is 11.5 Å². The van der Waals surface area contributed by atoms with E-state index in [1.54, 1.807) is 0 Å². The summed E-state index contributed by atoms with van der Waals surface area (Å²) in [5, 5.41) is 18.3. The Morgan fingerprint density at radius 2 is 1.73 bits per heavy atom. The lowest BCUT2D eigenvalue weighted by Gasteiger charge is -2.12. The monoisotopic (exact) mass is 439 g/mol. The van der Waals surface area contributed by atoms with Gasteiger partial charge in [0.05, 0.1) is 29.7 Å². The van der Waals surface area contributed by atoms with Crippen LogP contribution in [0.4, 0.5) is 11.4 Å². The van der Waals surface area contributed by atoms with Crippen molar-refractivity contribution < 1.29 is 37.1 Å². The summed E-state index contributed by atoms with van der Waals surface area (Å²) in [6.07, 6.45) is 0. The van der Waals surface area contributed by atoms with Crippen LogP contribution < -0.4 is 19.9 Å². The minimum absolute atomic E-state index is 0.00144. The zero-order chi connectivity index (χ0) is 22.5. The number of carbonyl (C=O) groups is 2. The summed E-state index contributed by atoms with van der Waals surface area (Å²) in [5.74, 6) is -1.70. The molecule has 0 aromatic heterocycles. The standard InChI is InChI=1S/C17H17N3O9S/c1-27-14-6-4-11(30(18,25)26)8-12(14)17(22)29-9-16(21)19-13-7-10(20(23)24)3-5-15(13)28-2/h3-8H,9H2,1-2H3,(H,19,21)(H2,18,25,26). The predicted octanol–water partition coefficient (Wildman–Crippen LogP) is 1.05. The van der Waals surface area contributed by atoms with Gasteiger partial charge in [0.25, 0.3) is 11.6 Å². The number of primary sulfonamides is 1. The van der Waals surface area contributed by atoms with Crippen LogP contribution in [0.15, 0.2) is 41.3 Å². The molecule has 0 aliphatic heterocycles. The van der Waals surface area contributed by atoms with Gasteiger partial charge in [-0.3, -0.25) is 14.9 Å². The first-order chi connectivity index (χ1) is 14.1. The van der Waals surface area contributed by atoms with Crippen LogP contribution in [-0.2, 0) is 19.6 Å². The molecular weight excluding hydrogens is 422 g/mol. The van der Waals surface area contributed by atoms with Crippen molar-refractivity contribution in [3.05, 3.63) is 52.1 Å². The smallest absolute Gasteiger partial charge is 0.342 e. The molecule has 0 radical (unpaired) electrons. The summed E-state index contributed by atoms with van der Waals surface area (Å²) in [6, 6.07) is 6.88. The van der Waals surface area contributed by atoms with E-state index in [1.807, 2.05) is 0 Å². The van der Waals surface area contributed by atoms with Gasteiger partial charge in [-0.25, -0.2) is 18.4 Å². The molecule has 0 aliphatic carbocycles.